The first-order valence-corrected chi connectivity index (χ1v) is 4.80. The Labute approximate surface area is 89.3 Å². The van der Waals surface area contributed by atoms with E-state index in [0.717, 1.165) is 11.3 Å². The number of ketones is 1. The first-order chi connectivity index (χ1) is 7.22. The van der Waals surface area contributed by atoms with Gasteiger partial charge in [0.05, 0.1) is 19.1 Å². The quantitative estimate of drug-likeness (QED) is 0.737. The first-order valence-electron chi connectivity index (χ1n) is 4.80. The number of ether oxygens (including phenoxy) is 1. The minimum Gasteiger partial charge on any atom is -0.493 e. The highest BCUT2D eigenvalue weighted by atomic mass is 16.5. The number of hydrogen-bond donors (Lipinski definition) is 0. The van der Waals surface area contributed by atoms with E-state index < -0.39 is 0 Å². The summed E-state index contributed by atoms with van der Waals surface area (Å²) in [6.07, 6.45) is 0.263. The second-order valence-corrected chi connectivity index (χ2v) is 3.29. The lowest BCUT2D eigenvalue weighted by Crippen LogP contribution is -2.05. The summed E-state index contributed by atoms with van der Waals surface area (Å²) in [6.45, 7) is 2.32. The SMILES string of the molecule is Cc1cccc(OCCC(=O)CC#N)c1. The minimum absolute atomic E-state index is 0.0306. The lowest BCUT2D eigenvalue weighted by atomic mass is 10.2. The average molecular weight is 203 g/mol. The van der Waals surface area contributed by atoms with Crippen molar-refractivity contribution in [2.24, 2.45) is 0 Å². The van der Waals surface area contributed by atoms with Crippen LogP contribution in [0.25, 0.3) is 0 Å². The summed E-state index contributed by atoms with van der Waals surface area (Å²) in [6, 6.07) is 9.46. The van der Waals surface area contributed by atoms with E-state index in [-0.39, 0.29) is 12.2 Å². The Bertz CT molecular complexity index is 379. The minimum atomic E-state index is -0.0786. The fraction of sp³-hybridized carbons (Fsp3) is 0.333. The number of Topliss-reactive ketones (excluding diaryl/α,β-unsaturated/α-hetero) is 1. The number of carbonyl (C=O) groups excluding carboxylic acids is 1. The molecule has 15 heavy (non-hydrogen) atoms. The Morgan fingerprint density at radius 3 is 3.00 bits per heavy atom. The standard InChI is InChI=1S/C12H13NO2/c1-10-3-2-4-12(9-10)15-8-6-11(14)5-7-13/h2-4,9H,5-6,8H2,1H3. The lowest BCUT2D eigenvalue weighted by molar-refractivity contribution is -0.118. The summed E-state index contributed by atoms with van der Waals surface area (Å²) in [5.41, 5.74) is 1.12. The van der Waals surface area contributed by atoms with Crippen molar-refractivity contribution in [1.29, 1.82) is 5.26 Å². The van der Waals surface area contributed by atoms with Gasteiger partial charge in [-0.25, -0.2) is 0 Å². The number of nitriles is 1. The van der Waals surface area contributed by atoms with Crippen molar-refractivity contribution in [2.45, 2.75) is 19.8 Å². The van der Waals surface area contributed by atoms with Gasteiger partial charge in [-0.05, 0) is 24.6 Å². The average Bonchev–Trinajstić information content (AvgIpc) is 2.18. The van der Waals surface area contributed by atoms with Crippen LogP contribution >= 0.6 is 0 Å². The molecule has 0 N–H and O–H groups in total. The molecule has 1 aromatic rings. The van der Waals surface area contributed by atoms with Crippen LogP contribution in [0.4, 0.5) is 0 Å². The molecule has 3 heteroatoms. The lowest BCUT2D eigenvalue weighted by Gasteiger charge is -2.05. The van der Waals surface area contributed by atoms with Crippen molar-refractivity contribution in [3.63, 3.8) is 0 Å². The van der Waals surface area contributed by atoms with Gasteiger partial charge in [0.15, 0.2) is 0 Å². The number of carbonyl (C=O) groups is 1. The smallest absolute Gasteiger partial charge is 0.150 e. The summed E-state index contributed by atoms with van der Waals surface area (Å²) in [7, 11) is 0. The highest BCUT2D eigenvalue weighted by molar-refractivity contribution is 5.80. The van der Waals surface area contributed by atoms with Crippen LogP contribution in [-0.4, -0.2) is 12.4 Å². The number of rotatable bonds is 5. The van der Waals surface area contributed by atoms with Crippen LogP contribution in [0.5, 0.6) is 5.75 Å². The van der Waals surface area contributed by atoms with E-state index in [4.69, 9.17) is 10.00 Å². The Balaban J connectivity index is 2.32. The van der Waals surface area contributed by atoms with E-state index in [2.05, 4.69) is 0 Å². The van der Waals surface area contributed by atoms with Crippen molar-refractivity contribution >= 4 is 5.78 Å². The van der Waals surface area contributed by atoms with Gasteiger partial charge in [0.1, 0.15) is 11.5 Å². The molecule has 3 nitrogen and oxygen atoms in total. The third-order valence-electron chi connectivity index (χ3n) is 1.92. The van der Waals surface area contributed by atoms with E-state index >= 15 is 0 Å². The highest BCUT2D eigenvalue weighted by Gasteiger charge is 2.01. The van der Waals surface area contributed by atoms with Crippen LogP contribution in [0.15, 0.2) is 24.3 Å². The zero-order valence-electron chi connectivity index (χ0n) is 8.69. The van der Waals surface area contributed by atoms with Gasteiger partial charge >= 0.3 is 0 Å². The first kappa shape index (κ1) is 11.3. The van der Waals surface area contributed by atoms with E-state index in [0.29, 0.717) is 13.0 Å². The van der Waals surface area contributed by atoms with E-state index in [1.165, 1.54) is 0 Å². The molecule has 0 atom stereocenters. The van der Waals surface area contributed by atoms with Crippen LogP contribution < -0.4 is 4.74 Å². The number of benzene rings is 1. The van der Waals surface area contributed by atoms with Crippen LogP contribution in [0.1, 0.15) is 18.4 Å². The second-order valence-electron chi connectivity index (χ2n) is 3.29. The molecule has 0 amide bonds. The van der Waals surface area contributed by atoms with Gasteiger partial charge in [-0.15, -0.1) is 0 Å². The Morgan fingerprint density at radius 2 is 2.33 bits per heavy atom. The topological polar surface area (TPSA) is 50.1 Å². The van der Waals surface area contributed by atoms with Crippen LogP contribution in [0.3, 0.4) is 0 Å². The van der Waals surface area contributed by atoms with Gasteiger partial charge in [-0.2, -0.15) is 5.26 Å². The Kier molecular flexibility index (Phi) is 4.36. The highest BCUT2D eigenvalue weighted by Crippen LogP contribution is 2.12. The molecule has 0 aliphatic rings. The summed E-state index contributed by atoms with van der Waals surface area (Å²) in [4.78, 5) is 11.0. The van der Waals surface area contributed by atoms with Gasteiger partial charge in [-0.1, -0.05) is 12.1 Å². The summed E-state index contributed by atoms with van der Waals surface area (Å²) in [5.74, 6) is 0.685. The molecular weight excluding hydrogens is 190 g/mol. The molecule has 0 aliphatic heterocycles. The van der Waals surface area contributed by atoms with Gasteiger partial charge < -0.3 is 4.74 Å². The van der Waals surface area contributed by atoms with Crippen molar-refractivity contribution < 1.29 is 9.53 Å². The second kappa shape index (κ2) is 5.82. The zero-order chi connectivity index (χ0) is 11.1. The summed E-state index contributed by atoms with van der Waals surface area (Å²) >= 11 is 0. The van der Waals surface area contributed by atoms with Gasteiger partial charge in [0.2, 0.25) is 0 Å². The van der Waals surface area contributed by atoms with Crippen molar-refractivity contribution in [2.75, 3.05) is 6.61 Å². The molecule has 0 saturated heterocycles. The predicted molar refractivity (Wildman–Crippen MR) is 56.5 cm³/mol. The molecule has 0 spiro atoms. The predicted octanol–water partition coefficient (Wildman–Crippen LogP) is 2.25. The fourth-order valence-electron chi connectivity index (χ4n) is 1.16. The summed E-state index contributed by atoms with van der Waals surface area (Å²) in [5, 5.41) is 8.28. The van der Waals surface area contributed by atoms with Crippen molar-refractivity contribution in [3.05, 3.63) is 29.8 Å². The maximum atomic E-state index is 11.0. The number of hydrogen-bond acceptors (Lipinski definition) is 3. The van der Waals surface area contributed by atoms with Crippen LogP contribution in [-0.2, 0) is 4.79 Å². The number of aryl methyl sites for hydroxylation is 1. The number of nitrogens with zero attached hydrogens (tertiary/aromatic N) is 1. The molecule has 0 aliphatic carbocycles. The maximum absolute atomic E-state index is 11.0. The van der Waals surface area contributed by atoms with Crippen molar-refractivity contribution in [3.8, 4) is 11.8 Å². The molecule has 0 heterocycles. The molecule has 0 fully saturated rings. The van der Waals surface area contributed by atoms with Gasteiger partial charge in [0, 0.05) is 6.42 Å². The van der Waals surface area contributed by atoms with Crippen LogP contribution in [0, 0.1) is 18.3 Å². The van der Waals surface area contributed by atoms with E-state index in [1.807, 2.05) is 37.3 Å². The van der Waals surface area contributed by atoms with E-state index in [1.54, 1.807) is 0 Å². The van der Waals surface area contributed by atoms with Crippen molar-refractivity contribution in [1.82, 2.24) is 0 Å². The maximum Gasteiger partial charge on any atom is 0.150 e. The summed E-state index contributed by atoms with van der Waals surface area (Å²) < 4.78 is 5.37. The molecule has 0 unspecified atom stereocenters. The Morgan fingerprint density at radius 1 is 1.53 bits per heavy atom. The molecule has 0 radical (unpaired) electrons. The molecule has 1 aromatic carbocycles. The van der Waals surface area contributed by atoms with E-state index in [9.17, 15) is 4.79 Å². The molecule has 0 saturated carbocycles. The zero-order valence-corrected chi connectivity index (χ0v) is 8.69. The fourth-order valence-corrected chi connectivity index (χ4v) is 1.16. The normalized spacial score (nSPS) is 9.33. The molecule has 1 rings (SSSR count). The largest absolute Gasteiger partial charge is 0.493 e. The van der Waals surface area contributed by atoms with Crippen LogP contribution in [0.2, 0.25) is 0 Å². The monoisotopic (exact) mass is 203 g/mol. The molecular formula is C12H13NO2. The Hall–Kier alpha value is -1.82. The van der Waals surface area contributed by atoms with Gasteiger partial charge in [0.25, 0.3) is 0 Å². The third-order valence-corrected chi connectivity index (χ3v) is 1.92. The van der Waals surface area contributed by atoms with Gasteiger partial charge in [-0.3, -0.25) is 4.79 Å². The third kappa shape index (κ3) is 4.28. The molecule has 78 valence electrons. The molecule has 0 aromatic heterocycles. The molecule has 0 bridgehead atoms.